The van der Waals surface area contributed by atoms with Crippen LogP contribution in [0.4, 0.5) is 5.69 Å². The van der Waals surface area contributed by atoms with Gasteiger partial charge in [0.1, 0.15) is 0 Å². The molecular formula is C11H16N2O3. The van der Waals surface area contributed by atoms with Crippen LogP contribution in [0.15, 0.2) is 12.1 Å². The van der Waals surface area contributed by atoms with Gasteiger partial charge in [-0.1, -0.05) is 25.5 Å². The molecule has 0 spiro atoms. The minimum Gasteiger partial charge on any atom is -0.502 e. The van der Waals surface area contributed by atoms with Gasteiger partial charge in [-0.05, 0) is 13.3 Å². The number of hydrogen-bond donors (Lipinski definition) is 2. The Morgan fingerprint density at radius 3 is 2.69 bits per heavy atom. The summed E-state index contributed by atoms with van der Waals surface area (Å²) >= 11 is 0. The maximum atomic E-state index is 10.8. The predicted molar refractivity (Wildman–Crippen MR) is 61.3 cm³/mol. The Morgan fingerprint density at radius 1 is 1.56 bits per heavy atom. The van der Waals surface area contributed by atoms with E-state index in [1.807, 2.05) is 6.92 Å². The minimum atomic E-state index is -0.577. The highest BCUT2D eigenvalue weighted by molar-refractivity contribution is 5.56. The van der Waals surface area contributed by atoms with Gasteiger partial charge in [-0.25, -0.2) is 0 Å². The first-order chi connectivity index (χ1) is 7.49. The van der Waals surface area contributed by atoms with E-state index in [9.17, 15) is 15.2 Å². The zero-order valence-electron chi connectivity index (χ0n) is 9.43. The topological polar surface area (TPSA) is 89.4 Å². The van der Waals surface area contributed by atoms with Crippen molar-refractivity contribution in [3.63, 3.8) is 0 Å². The smallest absolute Gasteiger partial charge is 0.313 e. The zero-order chi connectivity index (χ0) is 12.3. The summed E-state index contributed by atoms with van der Waals surface area (Å²) in [6, 6.07) is 2.91. The number of nitro benzene ring substituents is 1. The van der Waals surface area contributed by atoms with Gasteiger partial charge in [0.2, 0.25) is 0 Å². The standard InChI is InChI=1S/C11H16N2O3/c1-3-4-9(12)8-6-5-7(2)10(11(8)14)13(15)16/h5-6,9,14H,3-4,12H2,1-2H3/t9-/m0/s1. The highest BCUT2D eigenvalue weighted by atomic mass is 16.6. The molecule has 0 aromatic heterocycles. The fraction of sp³-hybridized carbons (Fsp3) is 0.455. The predicted octanol–water partition coefficient (Wildman–Crippen LogP) is 2.41. The average molecular weight is 224 g/mol. The monoisotopic (exact) mass is 224 g/mol. The molecule has 0 saturated carbocycles. The van der Waals surface area contributed by atoms with Crippen molar-refractivity contribution in [2.75, 3.05) is 0 Å². The van der Waals surface area contributed by atoms with Crippen LogP contribution >= 0.6 is 0 Å². The molecule has 0 bridgehead atoms. The summed E-state index contributed by atoms with van der Waals surface area (Å²) in [5.41, 5.74) is 6.48. The van der Waals surface area contributed by atoms with E-state index in [1.165, 1.54) is 0 Å². The number of aromatic hydroxyl groups is 1. The van der Waals surface area contributed by atoms with Crippen LogP contribution in [-0.2, 0) is 0 Å². The fourth-order valence-electron chi connectivity index (χ4n) is 1.69. The van der Waals surface area contributed by atoms with E-state index in [2.05, 4.69) is 0 Å². The molecule has 16 heavy (non-hydrogen) atoms. The molecule has 1 aromatic rings. The van der Waals surface area contributed by atoms with Crippen molar-refractivity contribution in [3.8, 4) is 5.75 Å². The van der Waals surface area contributed by atoms with Crippen molar-refractivity contribution in [3.05, 3.63) is 33.4 Å². The summed E-state index contributed by atoms with van der Waals surface area (Å²) in [6.07, 6.45) is 1.55. The molecule has 88 valence electrons. The lowest BCUT2D eigenvalue weighted by Gasteiger charge is -2.13. The lowest BCUT2D eigenvalue weighted by molar-refractivity contribution is -0.386. The Labute approximate surface area is 94.0 Å². The molecule has 0 radical (unpaired) electrons. The number of nitro groups is 1. The molecule has 0 aliphatic heterocycles. The summed E-state index contributed by atoms with van der Waals surface area (Å²) in [4.78, 5) is 10.2. The summed E-state index contributed by atoms with van der Waals surface area (Å²) in [7, 11) is 0. The van der Waals surface area contributed by atoms with Crippen molar-refractivity contribution < 1.29 is 10.0 Å². The van der Waals surface area contributed by atoms with E-state index in [0.717, 1.165) is 6.42 Å². The van der Waals surface area contributed by atoms with Gasteiger partial charge in [0.05, 0.1) is 4.92 Å². The first-order valence-corrected chi connectivity index (χ1v) is 5.21. The fourth-order valence-corrected chi connectivity index (χ4v) is 1.69. The van der Waals surface area contributed by atoms with Gasteiger partial charge in [0, 0.05) is 17.2 Å². The van der Waals surface area contributed by atoms with Crippen molar-refractivity contribution in [1.82, 2.24) is 0 Å². The van der Waals surface area contributed by atoms with Crippen LogP contribution < -0.4 is 5.73 Å². The summed E-state index contributed by atoms with van der Waals surface area (Å²) < 4.78 is 0. The van der Waals surface area contributed by atoms with Crippen LogP contribution in [0.5, 0.6) is 5.75 Å². The number of phenolic OH excluding ortho intramolecular Hbond substituents is 1. The van der Waals surface area contributed by atoms with Gasteiger partial charge in [-0.3, -0.25) is 10.1 Å². The molecular weight excluding hydrogens is 208 g/mol. The molecule has 1 aromatic carbocycles. The van der Waals surface area contributed by atoms with E-state index in [0.29, 0.717) is 17.5 Å². The quantitative estimate of drug-likeness (QED) is 0.607. The molecule has 5 nitrogen and oxygen atoms in total. The van der Waals surface area contributed by atoms with E-state index in [-0.39, 0.29) is 17.5 Å². The second-order valence-electron chi connectivity index (χ2n) is 3.82. The molecule has 0 unspecified atom stereocenters. The summed E-state index contributed by atoms with van der Waals surface area (Å²) in [5, 5.41) is 20.6. The number of rotatable bonds is 4. The minimum absolute atomic E-state index is 0.246. The Bertz CT molecular complexity index is 404. The number of nitrogens with zero attached hydrogens (tertiary/aromatic N) is 1. The van der Waals surface area contributed by atoms with E-state index in [4.69, 9.17) is 5.73 Å². The molecule has 5 heteroatoms. The molecule has 0 aliphatic rings. The number of phenols is 1. The molecule has 0 saturated heterocycles. The third kappa shape index (κ3) is 2.30. The third-order valence-electron chi connectivity index (χ3n) is 2.57. The van der Waals surface area contributed by atoms with Crippen LogP contribution in [0.2, 0.25) is 0 Å². The van der Waals surface area contributed by atoms with Crippen LogP contribution in [0, 0.1) is 17.0 Å². The van der Waals surface area contributed by atoms with Gasteiger partial charge >= 0.3 is 5.69 Å². The highest BCUT2D eigenvalue weighted by Crippen LogP contribution is 2.36. The van der Waals surface area contributed by atoms with Gasteiger partial charge in [-0.15, -0.1) is 0 Å². The van der Waals surface area contributed by atoms with Gasteiger partial charge in [0.15, 0.2) is 5.75 Å². The Balaban J connectivity index is 3.23. The Morgan fingerprint density at radius 2 is 2.19 bits per heavy atom. The molecule has 0 fully saturated rings. The normalized spacial score (nSPS) is 12.4. The maximum absolute atomic E-state index is 10.8. The molecule has 0 aliphatic carbocycles. The summed E-state index contributed by atoms with van der Waals surface area (Å²) in [6.45, 7) is 3.56. The number of aryl methyl sites for hydroxylation is 1. The lowest BCUT2D eigenvalue weighted by atomic mass is 9.99. The SMILES string of the molecule is CCC[C@H](N)c1ccc(C)c([N+](=O)[O-])c1O. The largest absolute Gasteiger partial charge is 0.502 e. The summed E-state index contributed by atoms with van der Waals surface area (Å²) in [5.74, 6) is -0.300. The molecule has 1 atom stereocenters. The highest BCUT2D eigenvalue weighted by Gasteiger charge is 2.22. The van der Waals surface area contributed by atoms with Crippen LogP contribution in [0.25, 0.3) is 0 Å². The van der Waals surface area contributed by atoms with Crippen LogP contribution in [0.3, 0.4) is 0 Å². The second-order valence-corrected chi connectivity index (χ2v) is 3.82. The van der Waals surface area contributed by atoms with Crippen LogP contribution in [0.1, 0.15) is 36.9 Å². The van der Waals surface area contributed by atoms with Crippen molar-refractivity contribution in [2.45, 2.75) is 32.7 Å². The van der Waals surface area contributed by atoms with Gasteiger partial charge in [-0.2, -0.15) is 0 Å². The number of hydrogen-bond acceptors (Lipinski definition) is 4. The lowest BCUT2D eigenvalue weighted by Crippen LogP contribution is -2.10. The third-order valence-corrected chi connectivity index (χ3v) is 2.57. The maximum Gasteiger partial charge on any atom is 0.313 e. The van der Waals surface area contributed by atoms with Gasteiger partial charge in [0.25, 0.3) is 0 Å². The first-order valence-electron chi connectivity index (χ1n) is 5.21. The van der Waals surface area contributed by atoms with E-state index in [1.54, 1.807) is 19.1 Å². The molecule has 0 amide bonds. The van der Waals surface area contributed by atoms with Crippen molar-refractivity contribution in [1.29, 1.82) is 0 Å². The van der Waals surface area contributed by atoms with E-state index >= 15 is 0 Å². The molecule has 1 rings (SSSR count). The zero-order valence-corrected chi connectivity index (χ0v) is 9.43. The van der Waals surface area contributed by atoms with Crippen molar-refractivity contribution in [2.24, 2.45) is 5.73 Å². The number of benzene rings is 1. The average Bonchev–Trinajstić information content (AvgIpc) is 2.17. The van der Waals surface area contributed by atoms with Gasteiger partial charge < -0.3 is 10.8 Å². The second kappa shape index (κ2) is 4.94. The Kier molecular flexibility index (Phi) is 3.84. The number of nitrogens with two attached hydrogens (primary N) is 1. The Hall–Kier alpha value is -1.62. The molecule has 3 N–H and O–H groups in total. The molecule has 0 heterocycles. The first kappa shape index (κ1) is 12.4. The van der Waals surface area contributed by atoms with Crippen LogP contribution in [-0.4, -0.2) is 10.0 Å². The van der Waals surface area contributed by atoms with Crippen molar-refractivity contribution >= 4 is 5.69 Å². The van der Waals surface area contributed by atoms with E-state index < -0.39 is 4.92 Å².